The largest absolute Gasteiger partial charge is 0.370 e. The maximum atomic E-state index is 12.5. The van der Waals surface area contributed by atoms with Crippen molar-refractivity contribution in [2.45, 2.75) is 13.8 Å². The molecule has 27 heavy (non-hydrogen) atoms. The molecule has 0 spiro atoms. The lowest BCUT2D eigenvalue weighted by molar-refractivity contribution is 0.102. The maximum absolute atomic E-state index is 12.5. The van der Waals surface area contributed by atoms with Gasteiger partial charge in [-0.15, -0.1) is 0 Å². The Bertz CT molecular complexity index is 753. The number of anilines is 3. The van der Waals surface area contributed by atoms with E-state index in [9.17, 15) is 4.79 Å². The molecular formula is C20H28N6O. The van der Waals surface area contributed by atoms with Gasteiger partial charge in [0.25, 0.3) is 5.91 Å². The summed E-state index contributed by atoms with van der Waals surface area (Å²) in [7, 11) is 2.15. The van der Waals surface area contributed by atoms with Crippen LogP contribution >= 0.6 is 0 Å². The van der Waals surface area contributed by atoms with Gasteiger partial charge in [-0.05, 0) is 37.2 Å². The fraction of sp³-hybridized carbons (Fsp3) is 0.450. The molecule has 0 radical (unpaired) electrons. The minimum absolute atomic E-state index is 0.239. The molecule has 7 heteroatoms. The molecule has 0 saturated carbocycles. The normalized spacial score (nSPS) is 15.0. The number of carbonyl (C=O) groups is 1. The topological polar surface area (TPSA) is 73.4 Å². The molecule has 1 aromatic heterocycles. The molecule has 2 heterocycles. The molecule has 0 atom stereocenters. The first kappa shape index (κ1) is 19.1. The summed E-state index contributed by atoms with van der Waals surface area (Å²) in [6, 6.07) is 9.65. The fourth-order valence-corrected chi connectivity index (χ4v) is 2.90. The van der Waals surface area contributed by atoms with Crippen LogP contribution in [0.25, 0.3) is 0 Å². The number of piperazine rings is 1. The number of nitrogens with one attached hydrogen (secondary N) is 2. The van der Waals surface area contributed by atoms with E-state index in [2.05, 4.69) is 63.4 Å². The first-order valence-electron chi connectivity index (χ1n) is 9.42. The number of amides is 1. The lowest BCUT2D eigenvalue weighted by atomic mass is 10.2. The fourth-order valence-electron chi connectivity index (χ4n) is 2.90. The van der Waals surface area contributed by atoms with Crippen LogP contribution in [-0.4, -0.2) is 60.5 Å². The molecule has 1 amide bonds. The predicted molar refractivity (Wildman–Crippen MR) is 109 cm³/mol. The highest BCUT2D eigenvalue weighted by atomic mass is 16.1. The summed E-state index contributed by atoms with van der Waals surface area (Å²) < 4.78 is 0. The summed E-state index contributed by atoms with van der Waals surface area (Å²) in [6.07, 6.45) is 1.41. The number of hydrogen-bond acceptors (Lipinski definition) is 6. The Hall–Kier alpha value is -2.67. The average Bonchev–Trinajstić information content (AvgIpc) is 2.68. The summed E-state index contributed by atoms with van der Waals surface area (Å²) in [5.74, 6) is 0.919. The SMILES string of the molecule is CC(C)CNc1cc(C(=O)Nc2ccc(N3CCN(C)CC3)cc2)ncn1. The first-order valence-corrected chi connectivity index (χ1v) is 9.42. The molecule has 0 aliphatic carbocycles. The zero-order valence-corrected chi connectivity index (χ0v) is 16.3. The number of hydrogen-bond donors (Lipinski definition) is 2. The number of rotatable bonds is 6. The van der Waals surface area contributed by atoms with Crippen LogP contribution in [0.15, 0.2) is 36.7 Å². The zero-order valence-electron chi connectivity index (χ0n) is 16.3. The number of carbonyl (C=O) groups excluding carboxylic acids is 1. The molecule has 0 unspecified atom stereocenters. The van der Waals surface area contributed by atoms with Crippen molar-refractivity contribution >= 4 is 23.1 Å². The minimum atomic E-state index is -0.239. The van der Waals surface area contributed by atoms with Crippen LogP contribution in [0, 0.1) is 5.92 Å². The average molecular weight is 368 g/mol. The molecule has 2 aromatic rings. The van der Waals surface area contributed by atoms with Gasteiger partial charge >= 0.3 is 0 Å². The van der Waals surface area contributed by atoms with Gasteiger partial charge in [0.05, 0.1) is 0 Å². The Balaban J connectivity index is 1.60. The van der Waals surface area contributed by atoms with E-state index in [0.29, 0.717) is 17.4 Å². The molecular weight excluding hydrogens is 340 g/mol. The van der Waals surface area contributed by atoms with Crippen LogP contribution in [0.4, 0.5) is 17.2 Å². The molecule has 0 bridgehead atoms. The Kier molecular flexibility index (Phi) is 6.24. The number of benzene rings is 1. The van der Waals surface area contributed by atoms with Crippen LogP contribution in [0.1, 0.15) is 24.3 Å². The Morgan fingerprint density at radius 3 is 2.48 bits per heavy atom. The van der Waals surface area contributed by atoms with Crippen LogP contribution in [-0.2, 0) is 0 Å². The summed E-state index contributed by atoms with van der Waals surface area (Å²) in [6.45, 7) is 9.22. The summed E-state index contributed by atoms with van der Waals surface area (Å²) in [4.78, 5) is 25.4. The van der Waals surface area contributed by atoms with Gasteiger partial charge in [0.2, 0.25) is 0 Å². The van der Waals surface area contributed by atoms with Crippen molar-refractivity contribution in [1.29, 1.82) is 0 Å². The molecule has 7 nitrogen and oxygen atoms in total. The highest BCUT2D eigenvalue weighted by Gasteiger charge is 2.14. The summed E-state index contributed by atoms with van der Waals surface area (Å²) in [5, 5.41) is 6.11. The van der Waals surface area contributed by atoms with E-state index in [1.165, 1.54) is 12.0 Å². The predicted octanol–water partition coefficient (Wildman–Crippen LogP) is 2.55. The minimum Gasteiger partial charge on any atom is -0.370 e. The molecule has 3 rings (SSSR count). The second-order valence-electron chi connectivity index (χ2n) is 7.35. The van der Waals surface area contributed by atoms with Crippen LogP contribution in [0.3, 0.4) is 0 Å². The smallest absolute Gasteiger partial charge is 0.274 e. The molecule has 2 N–H and O–H groups in total. The summed E-state index contributed by atoms with van der Waals surface area (Å²) in [5.41, 5.74) is 2.29. The Labute approximate surface area is 160 Å². The zero-order chi connectivity index (χ0) is 19.2. The third-order valence-electron chi connectivity index (χ3n) is 4.58. The molecule has 144 valence electrons. The molecule has 1 aromatic carbocycles. The van der Waals surface area contributed by atoms with E-state index < -0.39 is 0 Å². The molecule has 1 aliphatic rings. The standard InChI is InChI=1S/C20H28N6O/c1-15(2)13-21-19-12-18(22-14-23-19)20(27)24-16-4-6-17(7-5-16)26-10-8-25(3)9-11-26/h4-7,12,14-15H,8-11,13H2,1-3H3,(H,24,27)(H,21,22,23). The maximum Gasteiger partial charge on any atom is 0.274 e. The quantitative estimate of drug-likeness (QED) is 0.816. The van der Waals surface area contributed by atoms with Crippen LogP contribution < -0.4 is 15.5 Å². The van der Waals surface area contributed by atoms with Gasteiger partial charge in [-0.3, -0.25) is 4.79 Å². The second-order valence-corrected chi connectivity index (χ2v) is 7.35. The Morgan fingerprint density at radius 2 is 1.81 bits per heavy atom. The van der Waals surface area contributed by atoms with Crippen molar-refractivity contribution in [3.8, 4) is 0 Å². The highest BCUT2D eigenvalue weighted by molar-refractivity contribution is 6.03. The van der Waals surface area contributed by atoms with Crippen molar-refractivity contribution in [3.63, 3.8) is 0 Å². The molecule has 1 saturated heterocycles. The van der Waals surface area contributed by atoms with Crippen LogP contribution in [0.5, 0.6) is 0 Å². The van der Waals surface area contributed by atoms with E-state index in [1.54, 1.807) is 6.07 Å². The van der Waals surface area contributed by atoms with Crippen molar-refractivity contribution in [2.24, 2.45) is 5.92 Å². The van der Waals surface area contributed by atoms with E-state index in [-0.39, 0.29) is 5.91 Å². The van der Waals surface area contributed by atoms with Crippen molar-refractivity contribution in [3.05, 3.63) is 42.4 Å². The van der Waals surface area contributed by atoms with Gasteiger partial charge in [0.1, 0.15) is 17.8 Å². The number of aromatic nitrogens is 2. The lowest BCUT2D eigenvalue weighted by Crippen LogP contribution is -2.44. The first-order chi connectivity index (χ1) is 13.0. The van der Waals surface area contributed by atoms with Crippen molar-refractivity contribution in [2.75, 3.05) is 55.3 Å². The van der Waals surface area contributed by atoms with E-state index in [1.807, 2.05) is 12.1 Å². The lowest BCUT2D eigenvalue weighted by Gasteiger charge is -2.34. The second kappa shape index (κ2) is 8.81. The molecule has 1 fully saturated rings. The monoisotopic (exact) mass is 368 g/mol. The third kappa shape index (κ3) is 5.40. The van der Waals surface area contributed by atoms with Gasteiger partial charge in [-0.2, -0.15) is 0 Å². The van der Waals surface area contributed by atoms with Crippen molar-refractivity contribution < 1.29 is 4.79 Å². The van der Waals surface area contributed by atoms with Gasteiger partial charge in [0, 0.05) is 50.2 Å². The van der Waals surface area contributed by atoms with Crippen LogP contribution in [0.2, 0.25) is 0 Å². The van der Waals surface area contributed by atoms with E-state index in [0.717, 1.165) is 38.4 Å². The summed E-state index contributed by atoms with van der Waals surface area (Å²) >= 11 is 0. The Morgan fingerprint density at radius 1 is 1.11 bits per heavy atom. The number of nitrogens with zero attached hydrogens (tertiary/aromatic N) is 4. The van der Waals surface area contributed by atoms with E-state index >= 15 is 0 Å². The van der Waals surface area contributed by atoms with Gasteiger partial charge in [-0.25, -0.2) is 9.97 Å². The van der Waals surface area contributed by atoms with Gasteiger partial charge in [-0.1, -0.05) is 13.8 Å². The van der Waals surface area contributed by atoms with E-state index in [4.69, 9.17) is 0 Å². The molecule has 1 aliphatic heterocycles. The number of likely N-dealkylation sites (N-methyl/N-ethyl adjacent to an activating group) is 1. The highest BCUT2D eigenvalue weighted by Crippen LogP contribution is 2.20. The van der Waals surface area contributed by atoms with Gasteiger partial charge < -0.3 is 20.4 Å². The van der Waals surface area contributed by atoms with Gasteiger partial charge in [0.15, 0.2) is 0 Å². The third-order valence-corrected chi connectivity index (χ3v) is 4.58. The van der Waals surface area contributed by atoms with Crippen molar-refractivity contribution in [1.82, 2.24) is 14.9 Å².